The van der Waals surface area contributed by atoms with Gasteiger partial charge in [0.2, 0.25) is 5.88 Å². The minimum atomic E-state index is -0.678. The Morgan fingerprint density at radius 1 is 1.23 bits per heavy atom. The maximum Gasteiger partial charge on any atom is 0.303 e. The molecule has 0 bridgehead atoms. The van der Waals surface area contributed by atoms with E-state index < -0.39 is 11.6 Å². The zero-order chi connectivity index (χ0) is 21.8. The summed E-state index contributed by atoms with van der Waals surface area (Å²) in [6, 6.07) is 6.65. The number of nitrogen functional groups attached to an aromatic ring is 1. The molecule has 0 atom stereocenters. The number of aryl methyl sites for hydroxylation is 1. The first-order valence-electron chi connectivity index (χ1n) is 11.0. The monoisotopic (exact) mass is 420 g/mol. The lowest BCUT2D eigenvalue weighted by molar-refractivity contribution is -0.138. The van der Waals surface area contributed by atoms with Crippen LogP contribution in [0.5, 0.6) is 5.88 Å². The van der Waals surface area contributed by atoms with Crippen molar-refractivity contribution < 1.29 is 14.6 Å². The largest absolute Gasteiger partial charge is 0.481 e. The summed E-state index contributed by atoms with van der Waals surface area (Å²) in [6.07, 6.45) is 8.02. The van der Waals surface area contributed by atoms with Gasteiger partial charge in [-0.3, -0.25) is 4.79 Å². The molecule has 7 heteroatoms. The predicted molar refractivity (Wildman–Crippen MR) is 118 cm³/mol. The summed E-state index contributed by atoms with van der Waals surface area (Å²) in [5, 5.41) is 9.12. The number of aliphatic carboxylic acids is 1. The van der Waals surface area contributed by atoms with Crippen LogP contribution in [0.2, 0.25) is 0 Å². The third kappa shape index (κ3) is 3.36. The molecule has 0 unspecified atom stereocenters. The Hall–Kier alpha value is -2.96. The van der Waals surface area contributed by atoms with Crippen LogP contribution in [0.4, 0.5) is 11.5 Å². The Morgan fingerprint density at radius 3 is 2.74 bits per heavy atom. The van der Waals surface area contributed by atoms with Crippen molar-refractivity contribution >= 4 is 23.2 Å². The molecule has 3 N–H and O–H groups in total. The standard InChI is InChI=1S/C24H28N4O3/c1-23(2)20(28-19-21(25)26-13-27-22(19)31-23)16-3-4-17-15(12-16)7-10-24(17)8-5-14(6-9-24)11-18(29)30/h3-4,12-14H,5-11H2,1-2H3,(H,29,30)(H2,25,26,27). The van der Waals surface area contributed by atoms with Gasteiger partial charge in [0.25, 0.3) is 0 Å². The Balaban J connectivity index is 1.46. The van der Waals surface area contributed by atoms with Crippen LogP contribution in [0, 0.1) is 5.92 Å². The molecule has 1 aromatic heterocycles. The van der Waals surface area contributed by atoms with Crippen LogP contribution in [0.1, 0.15) is 69.1 Å². The second-order valence-electron chi connectivity index (χ2n) is 9.68. The summed E-state index contributed by atoms with van der Waals surface area (Å²) < 4.78 is 6.13. The SMILES string of the molecule is CC1(C)Oc2ncnc(N)c2N=C1c1ccc2c(c1)CCC21CCC(CC(=O)O)CC1. The first-order chi connectivity index (χ1) is 14.8. The number of benzene rings is 1. The third-order valence-electron chi connectivity index (χ3n) is 7.31. The van der Waals surface area contributed by atoms with Gasteiger partial charge >= 0.3 is 5.97 Å². The van der Waals surface area contributed by atoms with E-state index in [-0.39, 0.29) is 5.41 Å². The number of nitrogens with two attached hydrogens (primary N) is 1. The zero-order valence-electron chi connectivity index (χ0n) is 18.0. The number of hydrogen-bond donors (Lipinski definition) is 2. The number of hydrogen-bond acceptors (Lipinski definition) is 6. The predicted octanol–water partition coefficient (Wildman–Crippen LogP) is 4.20. The van der Waals surface area contributed by atoms with Crippen LogP contribution in [0.15, 0.2) is 29.5 Å². The fraction of sp³-hybridized carbons (Fsp3) is 0.500. The maximum absolute atomic E-state index is 11.1. The van der Waals surface area contributed by atoms with Crippen molar-refractivity contribution in [2.45, 2.75) is 69.8 Å². The third-order valence-corrected chi connectivity index (χ3v) is 7.31. The smallest absolute Gasteiger partial charge is 0.303 e. The van der Waals surface area contributed by atoms with Gasteiger partial charge in [-0.1, -0.05) is 12.1 Å². The van der Waals surface area contributed by atoms with Gasteiger partial charge in [0, 0.05) is 12.0 Å². The fourth-order valence-electron chi connectivity index (χ4n) is 5.68. The van der Waals surface area contributed by atoms with Crippen LogP contribution < -0.4 is 10.5 Å². The molecular weight excluding hydrogens is 392 g/mol. The number of ether oxygens (including phenoxy) is 1. The van der Waals surface area contributed by atoms with Crippen molar-refractivity contribution in [2.75, 3.05) is 5.73 Å². The molecule has 1 spiro atoms. The first kappa shape index (κ1) is 20.0. The minimum Gasteiger partial charge on any atom is -0.481 e. The summed E-state index contributed by atoms with van der Waals surface area (Å²) in [7, 11) is 0. The molecule has 1 fully saturated rings. The highest BCUT2D eigenvalue weighted by atomic mass is 16.5. The summed E-state index contributed by atoms with van der Waals surface area (Å²) >= 11 is 0. The van der Waals surface area contributed by atoms with Crippen molar-refractivity contribution in [3.05, 3.63) is 41.2 Å². The van der Waals surface area contributed by atoms with Crippen molar-refractivity contribution in [3.8, 4) is 5.88 Å². The van der Waals surface area contributed by atoms with E-state index in [1.807, 2.05) is 13.8 Å². The number of anilines is 1. The van der Waals surface area contributed by atoms with Crippen molar-refractivity contribution in [2.24, 2.45) is 10.9 Å². The molecule has 1 aliphatic heterocycles. The fourth-order valence-corrected chi connectivity index (χ4v) is 5.68. The first-order valence-corrected chi connectivity index (χ1v) is 11.0. The topological polar surface area (TPSA) is 111 Å². The lowest BCUT2D eigenvalue weighted by atomic mass is 9.66. The molecule has 2 aliphatic carbocycles. The molecule has 162 valence electrons. The molecule has 7 nitrogen and oxygen atoms in total. The highest BCUT2D eigenvalue weighted by molar-refractivity contribution is 6.09. The summed E-state index contributed by atoms with van der Waals surface area (Å²) in [4.78, 5) is 24.1. The molecule has 2 aromatic rings. The highest BCUT2D eigenvalue weighted by Crippen LogP contribution is 2.51. The average Bonchev–Trinajstić information content (AvgIpc) is 3.06. The molecule has 1 saturated carbocycles. The average molecular weight is 421 g/mol. The van der Waals surface area contributed by atoms with Gasteiger partial charge in [0.15, 0.2) is 11.5 Å². The molecule has 0 saturated heterocycles. The highest BCUT2D eigenvalue weighted by Gasteiger charge is 2.42. The van der Waals surface area contributed by atoms with Gasteiger partial charge in [0.05, 0.1) is 5.71 Å². The molecule has 3 aliphatic rings. The second kappa shape index (κ2) is 7.04. The van der Waals surface area contributed by atoms with E-state index in [9.17, 15) is 4.79 Å². The number of aromatic nitrogens is 2. The van der Waals surface area contributed by atoms with Gasteiger partial charge in [-0.15, -0.1) is 0 Å². The number of rotatable bonds is 3. The number of carbonyl (C=O) groups is 1. The van der Waals surface area contributed by atoms with Crippen LogP contribution in [0.3, 0.4) is 0 Å². The molecule has 0 radical (unpaired) electrons. The van der Waals surface area contributed by atoms with Gasteiger partial charge in [0.1, 0.15) is 11.9 Å². The minimum absolute atomic E-state index is 0.203. The van der Waals surface area contributed by atoms with Crippen LogP contribution in [-0.2, 0) is 16.6 Å². The molecule has 0 amide bonds. The van der Waals surface area contributed by atoms with Crippen molar-refractivity contribution in [1.29, 1.82) is 0 Å². The quantitative estimate of drug-likeness (QED) is 0.770. The lowest BCUT2D eigenvalue weighted by Crippen LogP contribution is -2.41. The van der Waals surface area contributed by atoms with Gasteiger partial charge < -0.3 is 15.6 Å². The number of nitrogens with zero attached hydrogens (tertiary/aromatic N) is 3. The summed E-state index contributed by atoms with van der Waals surface area (Å²) in [5.41, 5.74) is 10.8. The second-order valence-corrected chi connectivity index (χ2v) is 9.68. The molecule has 1 aromatic carbocycles. The van der Waals surface area contributed by atoms with Gasteiger partial charge in [-0.2, -0.15) is 4.98 Å². The number of fused-ring (bicyclic) bond motifs is 3. The van der Waals surface area contributed by atoms with E-state index in [0.29, 0.717) is 29.7 Å². The van der Waals surface area contributed by atoms with Gasteiger partial charge in [-0.25, -0.2) is 9.98 Å². The zero-order valence-corrected chi connectivity index (χ0v) is 18.0. The molecule has 5 rings (SSSR count). The van der Waals surface area contributed by atoms with Crippen LogP contribution in [-0.4, -0.2) is 32.4 Å². The Bertz CT molecular complexity index is 1080. The Morgan fingerprint density at radius 2 is 2.00 bits per heavy atom. The number of aliphatic imine (C=N–C) groups is 1. The molecular formula is C24H28N4O3. The number of carboxylic acids is 1. The van der Waals surface area contributed by atoms with E-state index >= 15 is 0 Å². The normalized spacial score (nSPS) is 26.0. The van der Waals surface area contributed by atoms with Crippen LogP contribution in [0.25, 0.3) is 0 Å². The van der Waals surface area contributed by atoms with E-state index in [1.165, 1.54) is 17.5 Å². The summed E-state index contributed by atoms with van der Waals surface area (Å²) in [5.74, 6) is 0.368. The summed E-state index contributed by atoms with van der Waals surface area (Å²) in [6.45, 7) is 3.98. The lowest BCUT2D eigenvalue weighted by Gasteiger charge is -2.38. The van der Waals surface area contributed by atoms with E-state index in [1.54, 1.807) is 0 Å². The Labute approximate surface area is 181 Å². The van der Waals surface area contributed by atoms with Crippen molar-refractivity contribution in [3.63, 3.8) is 0 Å². The maximum atomic E-state index is 11.1. The van der Waals surface area contributed by atoms with E-state index in [2.05, 4.69) is 28.2 Å². The van der Waals surface area contributed by atoms with E-state index in [4.69, 9.17) is 20.6 Å². The van der Waals surface area contributed by atoms with Crippen LogP contribution >= 0.6 is 0 Å². The molecule has 2 heterocycles. The van der Waals surface area contributed by atoms with Gasteiger partial charge in [-0.05, 0) is 80.9 Å². The van der Waals surface area contributed by atoms with E-state index in [0.717, 1.165) is 49.8 Å². The number of carboxylic acid groups (broad SMARTS) is 1. The Kier molecular flexibility index (Phi) is 4.53. The van der Waals surface area contributed by atoms with Crippen molar-refractivity contribution in [1.82, 2.24) is 9.97 Å². The molecule has 31 heavy (non-hydrogen) atoms.